The van der Waals surface area contributed by atoms with E-state index < -0.39 is 0 Å². The zero-order valence-electron chi connectivity index (χ0n) is 12.7. The summed E-state index contributed by atoms with van der Waals surface area (Å²) in [7, 11) is 0. The van der Waals surface area contributed by atoms with Crippen LogP contribution < -0.4 is 10.7 Å². The molecule has 3 N–H and O–H groups in total. The molecule has 2 heterocycles. The summed E-state index contributed by atoms with van der Waals surface area (Å²) in [5, 5.41) is 16.2. The Hall–Kier alpha value is -1.83. The summed E-state index contributed by atoms with van der Waals surface area (Å²) in [5.41, 5.74) is 6.54. The van der Waals surface area contributed by atoms with Crippen LogP contribution in [0.2, 0.25) is 0 Å². The molecule has 118 valence electrons. The Labute approximate surface area is 133 Å². The van der Waals surface area contributed by atoms with Crippen LogP contribution in [-0.4, -0.2) is 40.8 Å². The van der Waals surface area contributed by atoms with Crippen LogP contribution in [0.15, 0.2) is 18.2 Å². The van der Waals surface area contributed by atoms with Gasteiger partial charge in [-0.15, -0.1) is 0 Å². The molecular weight excluding hydrogens is 300 g/mol. The summed E-state index contributed by atoms with van der Waals surface area (Å²) in [5.74, 6) is 0.632. The molecule has 2 aromatic rings. The van der Waals surface area contributed by atoms with Gasteiger partial charge in [0.25, 0.3) is 0 Å². The number of hydrogen-bond acceptors (Lipinski definition) is 7. The van der Waals surface area contributed by atoms with Gasteiger partial charge in [0.1, 0.15) is 0 Å². The van der Waals surface area contributed by atoms with Crippen LogP contribution in [0.4, 0.5) is 16.5 Å². The van der Waals surface area contributed by atoms with Crippen molar-refractivity contribution in [2.45, 2.75) is 13.8 Å². The van der Waals surface area contributed by atoms with Crippen molar-refractivity contribution >= 4 is 28.0 Å². The van der Waals surface area contributed by atoms with E-state index in [0.29, 0.717) is 24.0 Å². The lowest BCUT2D eigenvalue weighted by molar-refractivity contribution is 0.0494. The first-order valence-electron chi connectivity index (χ1n) is 7.26. The number of nitrogens with one attached hydrogen (secondary N) is 2. The summed E-state index contributed by atoms with van der Waals surface area (Å²) >= 11 is 1.24. The number of aryl methyl sites for hydroxylation is 2. The molecular formula is C15H20N4O2S. The molecule has 0 bridgehead atoms. The molecule has 0 amide bonds. The van der Waals surface area contributed by atoms with Gasteiger partial charge >= 0.3 is 0 Å². The quantitative estimate of drug-likeness (QED) is 0.805. The molecule has 0 unspecified atom stereocenters. The third kappa shape index (κ3) is 3.32. The molecule has 0 spiro atoms. The number of morpholine rings is 1. The van der Waals surface area contributed by atoms with E-state index in [-0.39, 0.29) is 5.75 Å². The van der Waals surface area contributed by atoms with Crippen molar-refractivity contribution in [2.24, 2.45) is 0 Å². The van der Waals surface area contributed by atoms with Crippen molar-refractivity contribution in [1.29, 1.82) is 0 Å². The smallest absolute Gasteiger partial charge is 0.198 e. The van der Waals surface area contributed by atoms with Gasteiger partial charge in [0, 0.05) is 18.8 Å². The van der Waals surface area contributed by atoms with Gasteiger partial charge in [-0.1, -0.05) is 6.07 Å². The molecule has 1 fully saturated rings. The van der Waals surface area contributed by atoms with E-state index in [1.54, 1.807) is 0 Å². The highest BCUT2D eigenvalue weighted by atomic mass is 32.1. The Balaban J connectivity index is 1.70. The van der Waals surface area contributed by atoms with Crippen LogP contribution in [0, 0.1) is 13.8 Å². The van der Waals surface area contributed by atoms with Crippen LogP contribution in [0.5, 0.6) is 5.75 Å². The van der Waals surface area contributed by atoms with Crippen LogP contribution in [0.25, 0.3) is 0 Å². The van der Waals surface area contributed by atoms with Crippen LogP contribution in [0.3, 0.4) is 0 Å². The Morgan fingerprint density at radius 3 is 2.73 bits per heavy atom. The average molecular weight is 320 g/mol. The number of aromatic hydroxyl groups is 1. The highest BCUT2D eigenvalue weighted by Crippen LogP contribution is 2.38. The van der Waals surface area contributed by atoms with Gasteiger partial charge < -0.3 is 15.2 Å². The van der Waals surface area contributed by atoms with Gasteiger partial charge in [0.2, 0.25) is 0 Å². The first-order valence-corrected chi connectivity index (χ1v) is 8.03. The number of nitrogens with zero attached hydrogens (tertiary/aromatic N) is 2. The number of hydrazine groups is 1. The maximum atomic E-state index is 10.3. The molecule has 0 saturated carbocycles. The minimum absolute atomic E-state index is 0.148. The number of ether oxygens (including phenoxy) is 1. The minimum atomic E-state index is 0.148. The molecule has 1 aliphatic rings. The normalized spacial score (nSPS) is 15.7. The number of anilines is 3. The zero-order chi connectivity index (χ0) is 15.5. The van der Waals surface area contributed by atoms with Gasteiger partial charge in [0.15, 0.2) is 16.6 Å². The van der Waals surface area contributed by atoms with E-state index in [4.69, 9.17) is 4.74 Å². The third-order valence-corrected chi connectivity index (χ3v) is 4.46. The topological polar surface area (TPSA) is 69.7 Å². The number of aromatic nitrogens is 1. The second-order valence-electron chi connectivity index (χ2n) is 5.34. The molecule has 22 heavy (non-hydrogen) atoms. The van der Waals surface area contributed by atoms with Crippen molar-refractivity contribution in [3.05, 3.63) is 29.3 Å². The van der Waals surface area contributed by atoms with Crippen LogP contribution in [0.1, 0.15) is 11.1 Å². The average Bonchev–Trinajstić information content (AvgIpc) is 2.85. The second kappa shape index (κ2) is 6.51. The summed E-state index contributed by atoms with van der Waals surface area (Å²) < 4.78 is 9.58. The Morgan fingerprint density at radius 1 is 1.23 bits per heavy atom. The molecule has 0 aliphatic carbocycles. The minimum Gasteiger partial charge on any atom is -0.502 e. The molecule has 6 nitrogen and oxygen atoms in total. The van der Waals surface area contributed by atoms with Crippen molar-refractivity contribution in [1.82, 2.24) is 9.38 Å². The maximum absolute atomic E-state index is 10.3. The fraction of sp³-hybridized carbons (Fsp3) is 0.400. The van der Waals surface area contributed by atoms with E-state index in [9.17, 15) is 5.11 Å². The summed E-state index contributed by atoms with van der Waals surface area (Å²) in [6.45, 7) is 7.07. The Kier molecular flexibility index (Phi) is 4.47. The largest absolute Gasteiger partial charge is 0.502 e. The predicted octanol–water partition coefficient (Wildman–Crippen LogP) is 2.87. The highest BCUT2D eigenvalue weighted by molar-refractivity contribution is 7.11. The predicted molar refractivity (Wildman–Crippen MR) is 89.0 cm³/mol. The van der Waals surface area contributed by atoms with Gasteiger partial charge in [-0.05, 0) is 48.6 Å². The summed E-state index contributed by atoms with van der Waals surface area (Å²) in [4.78, 5) is 0. The molecule has 7 heteroatoms. The van der Waals surface area contributed by atoms with E-state index >= 15 is 0 Å². The zero-order valence-corrected chi connectivity index (χ0v) is 13.5. The molecule has 1 aliphatic heterocycles. The van der Waals surface area contributed by atoms with Gasteiger partial charge in [-0.3, -0.25) is 5.43 Å². The van der Waals surface area contributed by atoms with E-state index in [2.05, 4.69) is 41.1 Å². The SMILES string of the molecule is Cc1ccc(Nc2snc(NN3CCOCC3)c2O)cc1C. The Bertz CT molecular complexity index is 653. The first-order chi connectivity index (χ1) is 10.6. The fourth-order valence-corrected chi connectivity index (χ4v) is 2.87. The van der Waals surface area contributed by atoms with E-state index in [0.717, 1.165) is 18.8 Å². The number of rotatable bonds is 4. The van der Waals surface area contributed by atoms with Crippen molar-refractivity contribution in [3.8, 4) is 5.75 Å². The molecule has 1 aromatic carbocycles. The molecule has 0 atom stereocenters. The van der Waals surface area contributed by atoms with Gasteiger partial charge in [0.05, 0.1) is 13.2 Å². The highest BCUT2D eigenvalue weighted by Gasteiger charge is 2.17. The lowest BCUT2D eigenvalue weighted by Crippen LogP contribution is -2.40. The van der Waals surface area contributed by atoms with Gasteiger partial charge in [-0.2, -0.15) is 4.37 Å². The second-order valence-corrected chi connectivity index (χ2v) is 6.12. The van der Waals surface area contributed by atoms with E-state index in [1.165, 1.54) is 22.7 Å². The van der Waals surface area contributed by atoms with Gasteiger partial charge in [-0.25, -0.2) is 5.01 Å². The number of hydrogen-bond donors (Lipinski definition) is 3. The number of benzene rings is 1. The van der Waals surface area contributed by atoms with Crippen molar-refractivity contribution in [2.75, 3.05) is 37.0 Å². The molecule has 0 radical (unpaired) electrons. The van der Waals surface area contributed by atoms with Crippen molar-refractivity contribution < 1.29 is 9.84 Å². The van der Waals surface area contributed by atoms with Crippen molar-refractivity contribution in [3.63, 3.8) is 0 Å². The van der Waals surface area contributed by atoms with Crippen LogP contribution >= 0.6 is 11.5 Å². The lowest BCUT2D eigenvalue weighted by atomic mass is 10.1. The summed E-state index contributed by atoms with van der Waals surface area (Å²) in [6, 6.07) is 6.11. The standard InChI is InChI=1S/C15H20N4O2S/c1-10-3-4-12(9-11(10)2)16-15-13(20)14(18-22-15)17-19-5-7-21-8-6-19/h3-4,9,16,20H,5-8H2,1-2H3,(H,17,18). The van der Waals surface area contributed by atoms with E-state index in [1.807, 2.05) is 11.1 Å². The third-order valence-electron chi connectivity index (χ3n) is 3.71. The Morgan fingerprint density at radius 2 is 2.00 bits per heavy atom. The molecule has 1 aromatic heterocycles. The monoisotopic (exact) mass is 320 g/mol. The van der Waals surface area contributed by atoms with Crippen LogP contribution in [-0.2, 0) is 4.74 Å². The first kappa shape index (κ1) is 15.1. The lowest BCUT2D eigenvalue weighted by Gasteiger charge is -2.26. The molecule has 3 rings (SSSR count). The maximum Gasteiger partial charge on any atom is 0.198 e. The molecule has 1 saturated heterocycles. The fourth-order valence-electron chi connectivity index (χ4n) is 2.22. The summed E-state index contributed by atoms with van der Waals surface area (Å²) in [6.07, 6.45) is 0.